The Morgan fingerprint density at radius 1 is 1.38 bits per heavy atom. The maximum atomic E-state index is 11.5. The molecule has 0 aromatic heterocycles. The normalized spacial score (nSPS) is 12.8. The zero-order chi connectivity index (χ0) is 12.4. The van der Waals surface area contributed by atoms with Crippen LogP contribution >= 0.6 is 0 Å². The van der Waals surface area contributed by atoms with E-state index in [4.69, 9.17) is 10.5 Å². The van der Waals surface area contributed by atoms with E-state index in [2.05, 4.69) is 19.2 Å². The van der Waals surface area contributed by atoms with E-state index in [1.54, 1.807) is 0 Å². The first-order chi connectivity index (χ1) is 7.57. The number of hydrogen-bond acceptors (Lipinski definition) is 3. The Bertz CT molecular complexity index is 184. The Labute approximate surface area is 98.9 Å². The lowest BCUT2D eigenvalue weighted by Gasteiger charge is -2.11. The molecule has 0 fully saturated rings. The van der Waals surface area contributed by atoms with Crippen molar-refractivity contribution in [3.63, 3.8) is 0 Å². The summed E-state index contributed by atoms with van der Waals surface area (Å²) in [6.45, 7) is 8.89. The molecule has 0 aliphatic rings. The van der Waals surface area contributed by atoms with Crippen LogP contribution in [0.25, 0.3) is 0 Å². The van der Waals surface area contributed by atoms with Crippen LogP contribution in [0.2, 0.25) is 0 Å². The first-order valence-electron chi connectivity index (χ1n) is 6.13. The molecule has 3 N–H and O–H groups in total. The van der Waals surface area contributed by atoms with E-state index in [-0.39, 0.29) is 11.8 Å². The molecule has 16 heavy (non-hydrogen) atoms. The van der Waals surface area contributed by atoms with Gasteiger partial charge < -0.3 is 15.8 Å². The van der Waals surface area contributed by atoms with Gasteiger partial charge in [-0.05, 0) is 25.3 Å². The van der Waals surface area contributed by atoms with E-state index in [0.29, 0.717) is 25.6 Å². The number of hydrogen-bond donors (Lipinski definition) is 2. The smallest absolute Gasteiger partial charge is 0.222 e. The van der Waals surface area contributed by atoms with Crippen molar-refractivity contribution in [3.8, 4) is 0 Å². The first-order valence-corrected chi connectivity index (χ1v) is 6.13. The average Bonchev–Trinajstić information content (AvgIpc) is 2.22. The SMILES string of the molecule is CC(C)COCCCNC(=O)C(C)CCN. The summed E-state index contributed by atoms with van der Waals surface area (Å²) in [4.78, 5) is 11.5. The van der Waals surface area contributed by atoms with Crippen LogP contribution in [0.4, 0.5) is 0 Å². The predicted molar refractivity (Wildman–Crippen MR) is 66.1 cm³/mol. The van der Waals surface area contributed by atoms with Gasteiger partial charge in [-0.25, -0.2) is 0 Å². The maximum absolute atomic E-state index is 11.5. The van der Waals surface area contributed by atoms with E-state index in [1.807, 2.05) is 6.92 Å². The minimum atomic E-state index is 0.0154. The third kappa shape index (κ3) is 8.68. The van der Waals surface area contributed by atoms with Gasteiger partial charge in [0.1, 0.15) is 0 Å². The molecule has 0 aliphatic carbocycles. The van der Waals surface area contributed by atoms with Crippen molar-refractivity contribution in [1.29, 1.82) is 0 Å². The average molecular weight is 230 g/mol. The molecule has 1 atom stereocenters. The molecule has 0 heterocycles. The summed E-state index contributed by atoms with van der Waals surface area (Å²) in [5.74, 6) is 0.676. The summed E-state index contributed by atoms with van der Waals surface area (Å²) in [5, 5.41) is 2.88. The van der Waals surface area contributed by atoms with Gasteiger partial charge in [-0.3, -0.25) is 4.79 Å². The van der Waals surface area contributed by atoms with Crippen LogP contribution in [0.1, 0.15) is 33.6 Å². The van der Waals surface area contributed by atoms with E-state index < -0.39 is 0 Å². The van der Waals surface area contributed by atoms with Gasteiger partial charge in [-0.2, -0.15) is 0 Å². The van der Waals surface area contributed by atoms with Crippen molar-refractivity contribution >= 4 is 5.91 Å². The van der Waals surface area contributed by atoms with Gasteiger partial charge in [0, 0.05) is 25.7 Å². The number of ether oxygens (including phenoxy) is 1. The Morgan fingerprint density at radius 3 is 2.62 bits per heavy atom. The summed E-state index contributed by atoms with van der Waals surface area (Å²) in [6.07, 6.45) is 1.61. The number of nitrogens with one attached hydrogen (secondary N) is 1. The Morgan fingerprint density at radius 2 is 2.06 bits per heavy atom. The van der Waals surface area contributed by atoms with Gasteiger partial charge in [0.2, 0.25) is 5.91 Å². The van der Waals surface area contributed by atoms with E-state index in [1.165, 1.54) is 0 Å². The highest BCUT2D eigenvalue weighted by Gasteiger charge is 2.10. The molecule has 0 saturated heterocycles. The van der Waals surface area contributed by atoms with Gasteiger partial charge in [0.05, 0.1) is 0 Å². The lowest BCUT2D eigenvalue weighted by molar-refractivity contribution is -0.124. The lowest BCUT2D eigenvalue weighted by atomic mass is 10.1. The largest absolute Gasteiger partial charge is 0.381 e. The first kappa shape index (κ1) is 15.4. The van der Waals surface area contributed by atoms with Crippen LogP contribution in [0.3, 0.4) is 0 Å². The molecule has 0 saturated carbocycles. The fraction of sp³-hybridized carbons (Fsp3) is 0.917. The number of nitrogens with two attached hydrogens (primary N) is 1. The second kappa shape index (κ2) is 9.60. The van der Waals surface area contributed by atoms with Gasteiger partial charge in [-0.1, -0.05) is 20.8 Å². The summed E-state index contributed by atoms with van der Waals surface area (Å²) < 4.78 is 5.41. The Kier molecular flexibility index (Phi) is 9.24. The molecule has 0 bridgehead atoms. The topological polar surface area (TPSA) is 64.3 Å². The highest BCUT2D eigenvalue weighted by Crippen LogP contribution is 1.99. The standard InChI is InChI=1S/C12H26N2O2/c1-10(2)9-16-8-4-7-14-12(15)11(3)5-6-13/h10-11H,4-9,13H2,1-3H3,(H,14,15). The third-order valence-electron chi connectivity index (χ3n) is 2.26. The van der Waals surface area contributed by atoms with Crippen LogP contribution in [-0.4, -0.2) is 32.2 Å². The van der Waals surface area contributed by atoms with E-state index >= 15 is 0 Å². The third-order valence-corrected chi connectivity index (χ3v) is 2.26. The monoisotopic (exact) mass is 230 g/mol. The minimum absolute atomic E-state index is 0.0154. The summed E-state index contributed by atoms with van der Waals surface area (Å²) >= 11 is 0. The van der Waals surface area contributed by atoms with Gasteiger partial charge in [0.15, 0.2) is 0 Å². The summed E-state index contributed by atoms with van der Waals surface area (Å²) in [7, 11) is 0. The zero-order valence-electron chi connectivity index (χ0n) is 10.8. The molecular formula is C12H26N2O2. The van der Waals surface area contributed by atoms with E-state index in [0.717, 1.165) is 19.4 Å². The number of rotatable bonds is 9. The Hall–Kier alpha value is -0.610. The second-order valence-corrected chi connectivity index (χ2v) is 4.59. The predicted octanol–water partition coefficient (Wildman–Crippen LogP) is 1.15. The molecule has 1 unspecified atom stereocenters. The van der Waals surface area contributed by atoms with Crippen LogP contribution in [0.15, 0.2) is 0 Å². The van der Waals surface area contributed by atoms with Crippen LogP contribution < -0.4 is 11.1 Å². The quantitative estimate of drug-likeness (QED) is 0.584. The highest BCUT2D eigenvalue weighted by atomic mass is 16.5. The number of amides is 1. The molecule has 0 aromatic carbocycles. The molecular weight excluding hydrogens is 204 g/mol. The Balaban J connectivity index is 3.34. The molecule has 4 nitrogen and oxygen atoms in total. The zero-order valence-corrected chi connectivity index (χ0v) is 10.8. The minimum Gasteiger partial charge on any atom is -0.381 e. The maximum Gasteiger partial charge on any atom is 0.222 e. The molecule has 0 radical (unpaired) electrons. The molecule has 0 rings (SSSR count). The van der Waals surface area contributed by atoms with Crippen molar-refractivity contribution in [1.82, 2.24) is 5.32 Å². The van der Waals surface area contributed by atoms with E-state index in [9.17, 15) is 4.79 Å². The number of carbonyl (C=O) groups excluding carboxylic acids is 1. The van der Waals surface area contributed by atoms with Crippen molar-refractivity contribution in [2.45, 2.75) is 33.6 Å². The highest BCUT2D eigenvalue weighted by molar-refractivity contribution is 5.78. The molecule has 4 heteroatoms. The van der Waals surface area contributed by atoms with Crippen molar-refractivity contribution in [3.05, 3.63) is 0 Å². The molecule has 1 amide bonds. The van der Waals surface area contributed by atoms with Crippen LogP contribution in [0, 0.1) is 11.8 Å². The van der Waals surface area contributed by atoms with Crippen LogP contribution in [0.5, 0.6) is 0 Å². The summed E-state index contributed by atoms with van der Waals surface area (Å²) in [5.41, 5.74) is 5.39. The second-order valence-electron chi connectivity index (χ2n) is 4.59. The fourth-order valence-corrected chi connectivity index (χ4v) is 1.26. The molecule has 0 spiro atoms. The molecule has 0 aliphatic heterocycles. The van der Waals surface area contributed by atoms with Gasteiger partial charge in [0.25, 0.3) is 0 Å². The lowest BCUT2D eigenvalue weighted by Crippen LogP contribution is -2.31. The van der Waals surface area contributed by atoms with Crippen molar-refractivity contribution < 1.29 is 9.53 Å². The fourth-order valence-electron chi connectivity index (χ4n) is 1.26. The van der Waals surface area contributed by atoms with Crippen LogP contribution in [-0.2, 0) is 9.53 Å². The number of carbonyl (C=O) groups is 1. The summed E-state index contributed by atoms with van der Waals surface area (Å²) in [6, 6.07) is 0. The molecule has 96 valence electrons. The van der Waals surface area contributed by atoms with Gasteiger partial charge >= 0.3 is 0 Å². The van der Waals surface area contributed by atoms with Crippen molar-refractivity contribution in [2.24, 2.45) is 17.6 Å². The van der Waals surface area contributed by atoms with Crippen molar-refractivity contribution in [2.75, 3.05) is 26.3 Å². The molecule has 0 aromatic rings. The van der Waals surface area contributed by atoms with Gasteiger partial charge in [-0.15, -0.1) is 0 Å².